The largest absolute Gasteiger partial charge is 0.480 e. The number of aromatic nitrogens is 1. The number of fused-ring (bicyclic) bond motifs is 1. The van der Waals surface area contributed by atoms with Gasteiger partial charge in [-0.2, -0.15) is 0 Å². The number of thiazole rings is 1. The van der Waals surface area contributed by atoms with Gasteiger partial charge in [0.15, 0.2) is 10.8 Å². The third kappa shape index (κ3) is 3.43. The number of nitrogens with one attached hydrogen (secondary N) is 1. The number of aliphatic carboxylic acids is 1. The molecule has 3 rings (SSSR count). The fraction of sp³-hybridized carbons (Fsp3) is 0.294. The molecule has 2 heterocycles. The zero-order valence-electron chi connectivity index (χ0n) is 12.9. The summed E-state index contributed by atoms with van der Waals surface area (Å²) in [4.78, 5) is 15.7. The van der Waals surface area contributed by atoms with E-state index in [1.807, 2.05) is 50.2 Å². The van der Waals surface area contributed by atoms with Gasteiger partial charge in [0.25, 0.3) is 0 Å². The molecule has 0 aliphatic rings. The summed E-state index contributed by atoms with van der Waals surface area (Å²) in [5, 5.41) is 13.0. The SMILES string of the molecule is CC(C)[C@H](NCc1ccc(-c2nc3ccccc3s2)o1)C(=O)O. The van der Waals surface area contributed by atoms with Crippen molar-refractivity contribution in [3.05, 3.63) is 42.2 Å². The molecule has 0 unspecified atom stereocenters. The van der Waals surface area contributed by atoms with Crippen molar-refractivity contribution >= 4 is 27.5 Å². The van der Waals surface area contributed by atoms with E-state index in [0.717, 1.165) is 15.2 Å². The Labute approximate surface area is 138 Å². The summed E-state index contributed by atoms with van der Waals surface area (Å²) in [5.41, 5.74) is 0.953. The van der Waals surface area contributed by atoms with Crippen LogP contribution in [-0.4, -0.2) is 22.1 Å². The summed E-state index contributed by atoms with van der Waals surface area (Å²) >= 11 is 1.58. The van der Waals surface area contributed by atoms with Gasteiger partial charge in [-0.15, -0.1) is 11.3 Å². The number of carboxylic acids is 1. The van der Waals surface area contributed by atoms with Crippen LogP contribution >= 0.6 is 11.3 Å². The number of nitrogens with zero attached hydrogens (tertiary/aromatic N) is 1. The van der Waals surface area contributed by atoms with E-state index in [-0.39, 0.29) is 5.92 Å². The highest BCUT2D eigenvalue weighted by atomic mass is 32.1. The molecule has 2 aromatic heterocycles. The Balaban J connectivity index is 1.74. The zero-order valence-corrected chi connectivity index (χ0v) is 13.8. The maximum absolute atomic E-state index is 11.2. The van der Waals surface area contributed by atoms with Gasteiger partial charge in [-0.25, -0.2) is 4.98 Å². The van der Waals surface area contributed by atoms with Crippen LogP contribution in [0.25, 0.3) is 21.0 Å². The van der Waals surface area contributed by atoms with E-state index in [0.29, 0.717) is 18.1 Å². The molecule has 0 radical (unpaired) electrons. The van der Waals surface area contributed by atoms with E-state index in [1.165, 1.54) is 0 Å². The Morgan fingerprint density at radius 2 is 2.09 bits per heavy atom. The van der Waals surface area contributed by atoms with Gasteiger partial charge < -0.3 is 9.52 Å². The van der Waals surface area contributed by atoms with Crippen molar-refractivity contribution in [2.45, 2.75) is 26.4 Å². The summed E-state index contributed by atoms with van der Waals surface area (Å²) in [7, 11) is 0. The Bertz CT molecular complexity index is 789. The molecule has 0 saturated carbocycles. The normalized spacial score (nSPS) is 12.8. The summed E-state index contributed by atoms with van der Waals surface area (Å²) in [6, 6.07) is 11.1. The van der Waals surface area contributed by atoms with Crippen LogP contribution in [0.4, 0.5) is 0 Å². The first-order valence-electron chi connectivity index (χ1n) is 7.45. The van der Waals surface area contributed by atoms with Crippen molar-refractivity contribution in [2.75, 3.05) is 0 Å². The molecular formula is C17H18N2O3S. The van der Waals surface area contributed by atoms with E-state index < -0.39 is 12.0 Å². The number of carboxylic acid groups (broad SMARTS) is 1. The molecule has 1 atom stereocenters. The highest BCUT2D eigenvalue weighted by Crippen LogP contribution is 2.31. The lowest BCUT2D eigenvalue weighted by Crippen LogP contribution is -2.40. The number of hydrogen-bond acceptors (Lipinski definition) is 5. The van der Waals surface area contributed by atoms with E-state index in [4.69, 9.17) is 4.42 Å². The summed E-state index contributed by atoms with van der Waals surface area (Å²) in [6.07, 6.45) is 0. The number of hydrogen-bond donors (Lipinski definition) is 2. The molecule has 0 aliphatic carbocycles. The third-order valence-corrected chi connectivity index (χ3v) is 4.65. The lowest BCUT2D eigenvalue weighted by Gasteiger charge is -2.16. The Hall–Kier alpha value is -2.18. The first-order chi connectivity index (χ1) is 11.0. The van der Waals surface area contributed by atoms with Gasteiger partial charge in [0.1, 0.15) is 11.8 Å². The quantitative estimate of drug-likeness (QED) is 0.720. The first-order valence-corrected chi connectivity index (χ1v) is 8.27. The number of furan rings is 1. The maximum Gasteiger partial charge on any atom is 0.320 e. The van der Waals surface area contributed by atoms with E-state index in [1.54, 1.807) is 11.3 Å². The molecule has 0 amide bonds. The number of rotatable bonds is 6. The molecule has 3 aromatic rings. The predicted octanol–water partition coefficient (Wildman–Crippen LogP) is 3.76. The number of para-hydroxylation sites is 1. The fourth-order valence-electron chi connectivity index (χ4n) is 2.38. The minimum atomic E-state index is -0.849. The van der Waals surface area contributed by atoms with E-state index >= 15 is 0 Å². The van der Waals surface area contributed by atoms with Gasteiger partial charge in [-0.1, -0.05) is 26.0 Å². The lowest BCUT2D eigenvalue weighted by molar-refractivity contribution is -0.140. The molecule has 2 N–H and O–H groups in total. The monoisotopic (exact) mass is 330 g/mol. The van der Waals surface area contributed by atoms with Crippen LogP contribution in [0.15, 0.2) is 40.8 Å². The molecule has 0 fully saturated rings. The molecule has 0 spiro atoms. The van der Waals surface area contributed by atoms with Crippen LogP contribution in [-0.2, 0) is 11.3 Å². The second-order valence-corrected chi connectivity index (χ2v) is 6.72. The van der Waals surface area contributed by atoms with Crippen molar-refractivity contribution in [3.8, 4) is 10.8 Å². The van der Waals surface area contributed by atoms with Gasteiger partial charge in [-0.05, 0) is 30.2 Å². The molecule has 5 nitrogen and oxygen atoms in total. The minimum Gasteiger partial charge on any atom is -0.480 e. The van der Waals surface area contributed by atoms with Crippen LogP contribution < -0.4 is 5.32 Å². The topological polar surface area (TPSA) is 75.4 Å². The number of benzene rings is 1. The number of carbonyl (C=O) groups is 1. The molecule has 23 heavy (non-hydrogen) atoms. The smallest absolute Gasteiger partial charge is 0.320 e. The maximum atomic E-state index is 11.2. The molecule has 1 aromatic carbocycles. The van der Waals surface area contributed by atoms with Crippen molar-refractivity contribution < 1.29 is 14.3 Å². The standard InChI is InChI=1S/C17H18N2O3S/c1-10(2)15(17(20)21)18-9-11-7-8-13(22-11)16-19-12-5-3-4-6-14(12)23-16/h3-8,10,15,18H,9H2,1-2H3,(H,20,21)/t15-/m0/s1. The van der Waals surface area contributed by atoms with Gasteiger partial charge in [-0.3, -0.25) is 10.1 Å². The Morgan fingerprint density at radius 1 is 1.30 bits per heavy atom. The van der Waals surface area contributed by atoms with E-state index in [2.05, 4.69) is 10.3 Å². The Kier molecular flexibility index (Phi) is 4.45. The summed E-state index contributed by atoms with van der Waals surface area (Å²) in [6.45, 7) is 4.13. The van der Waals surface area contributed by atoms with Crippen LogP contribution in [0.2, 0.25) is 0 Å². The van der Waals surface area contributed by atoms with Crippen LogP contribution in [0.5, 0.6) is 0 Å². The molecule has 0 bridgehead atoms. The van der Waals surface area contributed by atoms with Crippen molar-refractivity contribution in [1.82, 2.24) is 10.3 Å². The molecule has 0 saturated heterocycles. The van der Waals surface area contributed by atoms with Crippen LogP contribution in [0.3, 0.4) is 0 Å². The first kappa shape index (κ1) is 15.7. The van der Waals surface area contributed by atoms with Gasteiger partial charge in [0, 0.05) is 0 Å². The predicted molar refractivity (Wildman–Crippen MR) is 90.4 cm³/mol. The summed E-state index contributed by atoms with van der Waals surface area (Å²) in [5.74, 6) is 0.565. The van der Waals surface area contributed by atoms with Crippen LogP contribution in [0, 0.1) is 5.92 Å². The highest BCUT2D eigenvalue weighted by Gasteiger charge is 2.21. The molecule has 0 aliphatic heterocycles. The Morgan fingerprint density at radius 3 is 2.78 bits per heavy atom. The van der Waals surface area contributed by atoms with Crippen molar-refractivity contribution in [1.29, 1.82) is 0 Å². The average molecular weight is 330 g/mol. The van der Waals surface area contributed by atoms with Crippen molar-refractivity contribution in [3.63, 3.8) is 0 Å². The molecule has 120 valence electrons. The third-order valence-electron chi connectivity index (χ3n) is 3.60. The highest BCUT2D eigenvalue weighted by molar-refractivity contribution is 7.21. The summed E-state index contributed by atoms with van der Waals surface area (Å²) < 4.78 is 6.92. The van der Waals surface area contributed by atoms with Gasteiger partial charge in [0.2, 0.25) is 0 Å². The fourth-order valence-corrected chi connectivity index (χ4v) is 3.31. The second kappa shape index (κ2) is 6.52. The molecular weight excluding hydrogens is 312 g/mol. The lowest BCUT2D eigenvalue weighted by atomic mass is 10.1. The minimum absolute atomic E-state index is 0.00574. The zero-order chi connectivity index (χ0) is 16.4. The van der Waals surface area contributed by atoms with Crippen molar-refractivity contribution in [2.24, 2.45) is 5.92 Å². The molecule has 6 heteroatoms. The van der Waals surface area contributed by atoms with Gasteiger partial charge in [0.05, 0.1) is 16.8 Å². The van der Waals surface area contributed by atoms with Crippen LogP contribution in [0.1, 0.15) is 19.6 Å². The second-order valence-electron chi connectivity index (χ2n) is 5.69. The van der Waals surface area contributed by atoms with E-state index in [9.17, 15) is 9.90 Å². The average Bonchev–Trinajstić information content (AvgIpc) is 3.12. The van der Waals surface area contributed by atoms with Gasteiger partial charge >= 0.3 is 5.97 Å².